The van der Waals surface area contributed by atoms with Gasteiger partial charge in [0.25, 0.3) is 0 Å². The number of anilines is 2. The second-order valence-electron chi connectivity index (χ2n) is 7.55. The molecule has 0 unspecified atom stereocenters. The number of benzene rings is 1. The highest BCUT2D eigenvalue weighted by atomic mass is 32.1. The Morgan fingerprint density at radius 1 is 1.04 bits per heavy atom. The van der Waals surface area contributed by atoms with Crippen molar-refractivity contribution in [3.8, 4) is 10.6 Å². The summed E-state index contributed by atoms with van der Waals surface area (Å²) in [5, 5.41) is 0.970. The highest BCUT2D eigenvalue weighted by Crippen LogP contribution is 2.33. The molecule has 2 saturated heterocycles. The SMILES string of the molecule is CN1CCN(c2ccc3sc(-c4ccc(N5CCCC5)nc4)nc3c2)C(=O)C1. The summed E-state index contributed by atoms with van der Waals surface area (Å²) in [6, 6.07) is 10.3. The molecule has 1 aromatic carbocycles. The van der Waals surface area contributed by atoms with Gasteiger partial charge in [0.2, 0.25) is 5.91 Å². The molecule has 2 aromatic heterocycles. The number of aromatic nitrogens is 2. The zero-order chi connectivity index (χ0) is 19.1. The quantitative estimate of drug-likeness (QED) is 0.684. The maximum Gasteiger partial charge on any atom is 0.241 e. The summed E-state index contributed by atoms with van der Waals surface area (Å²) in [4.78, 5) is 28.1. The van der Waals surface area contributed by atoms with Crippen LogP contribution in [0.15, 0.2) is 36.5 Å². The summed E-state index contributed by atoms with van der Waals surface area (Å²) in [6.07, 6.45) is 4.43. The molecule has 4 heterocycles. The molecule has 3 aromatic rings. The first-order chi connectivity index (χ1) is 13.7. The van der Waals surface area contributed by atoms with Crippen LogP contribution in [-0.4, -0.2) is 60.5 Å². The van der Waals surface area contributed by atoms with Crippen LogP contribution in [-0.2, 0) is 4.79 Å². The first-order valence-electron chi connectivity index (χ1n) is 9.78. The molecule has 0 radical (unpaired) electrons. The monoisotopic (exact) mass is 393 g/mol. The number of carbonyl (C=O) groups excluding carboxylic acids is 1. The van der Waals surface area contributed by atoms with Gasteiger partial charge in [-0.3, -0.25) is 9.69 Å². The largest absolute Gasteiger partial charge is 0.357 e. The van der Waals surface area contributed by atoms with Gasteiger partial charge in [-0.1, -0.05) is 0 Å². The normalized spacial score (nSPS) is 18.4. The van der Waals surface area contributed by atoms with Crippen LogP contribution in [0.4, 0.5) is 11.5 Å². The second kappa shape index (κ2) is 7.14. The third-order valence-electron chi connectivity index (χ3n) is 5.52. The first-order valence-corrected chi connectivity index (χ1v) is 10.6. The smallest absolute Gasteiger partial charge is 0.241 e. The van der Waals surface area contributed by atoms with E-state index in [2.05, 4.69) is 33.0 Å². The topological polar surface area (TPSA) is 52.6 Å². The fourth-order valence-electron chi connectivity index (χ4n) is 3.92. The second-order valence-corrected chi connectivity index (χ2v) is 8.58. The minimum Gasteiger partial charge on any atom is -0.357 e. The highest BCUT2D eigenvalue weighted by Gasteiger charge is 2.23. The maximum absolute atomic E-state index is 12.4. The molecule has 0 spiro atoms. The lowest BCUT2D eigenvalue weighted by atomic mass is 10.2. The molecule has 7 heteroatoms. The Hall–Kier alpha value is -2.51. The van der Waals surface area contributed by atoms with Gasteiger partial charge in [-0.15, -0.1) is 11.3 Å². The van der Waals surface area contributed by atoms with Gasteiger partial charge in [0.15, 0.2) is 0 Å². The van der Waals surface area contributed by atoms with E-state index in [0.717, 1.165) is 58.5 Å². The van der Waals surface area contributed by atoms with E-state index in [1.54, 1.807) is 11.3 Å². The summed E-state index contributed by atoms with van der Waals surface area (Å²) in [6.45, 7) is 4.28. The third kappa shape index (κ3) is 3.25. The van der Waals surface area contributed by atoms with E-state index in [9.17, 15) is 4.79 Å². The predicted molar refractivity (Wildman–Crippen MR) is 114 cm³/mol. The van der Waals surface area contributed by atoms with E-state index in [0.29, 0.717) is 6.54 Å². The van der Waals surface area contributed by atoms with Gasteiger partial charge in [-0.25, -0.2) is 9.97 Å². The molecule has 6 nitrogen and oxygen atoms in total. The van der Waals surface area contributed by atoms with Crippen molar-refractivity contribution in [1.29, 1.82) is 0 Å². The number of hydrogen-bond donors (Lipinski definition) is 0. The molecular weight excluding hydrogens is 370 g/mol. The number of nitrogens with zero attached hydrogens (tertiary/aromatic N) is 5. The van der Waals surface area contributed by atoms with Crippen LogP contribution < -0.4 is 9.80 Å². The number of likely N-dealkylation sites (N-methyl/N-ethyl adjacent to an activating group) is 1. The van der Waals surface area contributed by atoms with Crippen LogP contribution in [0.5, 0.6) is 0 Å². The van der Waals surface area contributed by atoms with E-state index in [1.165, 1.54) is 12.8 Å². The van der Waals surface area contributed by atoms with Crippen molar-refractivity contribution >= 4 is 39.0 Å². The van der Waals surface area contributed by atoms with E-state index in [4.69, 9.17) is 4.98 Å². The zero-order valence-corrected chi connectivity index (χ0v) is 16.8. The summed E-state index contributed by atoms with van der Waals surface area (Å²) < 4.78 is 1.13. The molecule has 0 bridgehead atoms. The van der Waals surface area contributed by atoms with Gasteiger partial charge < -0.3 is 9.80 Å². The fourth-order valence-corrected chi connectivity index (χ4v) is 4.85. The molecule has 28 heavy (non-hydrogen) atoms. The Labute approximate surface area is 168 Å². The van der Waals surface area contributed by atoms with Gasteiger partial charge in [0, 0.05) is 43.6 Å². The Morgan fingerprint density at radius 3 is 2.64 bits per heavy atom. The van der Waals surface area contributed by atoms with Gasteiger partial charge >= 0.3 is 0 Å². The van der Waals surface area contributed by atoms with Crippen molar-refractivity contribution in [2.45, 2.75) is 12.8 Å². The summed E-state index contributed by atoms with van der Waals surface area (Å²) in [5.74, 6) is 1.20. The molecule has 0 aliphatic carbocycles. The summed E-state index contributed by atoms with van der Waals surface area (Å²) in [5.41, 5.74) is 2.92. The predicted octanol–water partition coefficient (Wildman–Crippen LogP) is 3.24. The number of thiazole rings is 1. The van der Waals surface area contributed by atoms with Gasteiger partial charge in [0.1, 0.15) is 10.8 Å². The fraction of sp³-hybridized carbons (Fsp3) is 0.381. The van der Waals surface area contributed by atoms with Crippen LogP contribution in [0.1, 0.15) is 12.8 Å². The van der Waals surface area contributed by atoms with Crippen LogP contribution in [0, 0.1) is 0 Å². The average molecular weight is 394 g/mol. The minimum absolute atomic E-state index is 0.144. The zero-order valence-electron chi connectivity index (χ0n) is 16.0. The maximum atomic E-state index is 12.4. The van der Waals surface area contributed by atoms with E-state index in [1.807, 2.05) is 30.3 Å². The first kappa shape index (κ1) is 17.6. The molecule has 5 rings (SSSR count). The summed E-state index contributed by atoms with van der Waals surface area (Å²) >= 11 is 1.67. The minimum atomic E-state index is 0.144. The van der Waals surface area contributed by atoms with E-state index >= 15 is 0 Å². The number of rotatable bonds is 3. The Bertz CT molecular complexity index is 1010. The lowest BCUT2D eigenvalue weighted by Gasteiger charge is -2.32. The molecule has 144 valence electrons. The molecule has 2 aliphatic rings. The average Bonchev–Trinajstić information content (AvgIpc) is 3.37. The van der Waals surface area contributed by atoms with E-state index < -0.39 is 0 Å². The molecule has 2 aliphatic heterocycles. The number of fused-ring (bicyclic) bond motifs is 1. The van der Waals surface area contributed by atoms with Crippen molar-refractivity contribution in [1.82, 2.24) is 14.9 Å². The van der Waals surface area contributed by atoms with Crippen molar-refractivity contribution in [3.05, 3.63) is 36.5 Å². The van der Waals surface area contributed by atoms with Crippen LogP contribution in [0.3, 0.4) is 0 Å². The molecule has 1 amide bonds. The van der Waals surface area contributed by atoms with Crippen molar-refractivity contribution in [2.24, 2.45) is 0 Å². The van der Waals surface area contributed by atoms with Crippen LogP contribution in [0.25, 0.3) is 20.8 Å². The molecule has 0 atom stereocenters. The molecule has 2 fully saturated rings. The molecule has 0 N–H and O–H groups in total. The van der Waals surface area contributed by atoms with Crippen molar-refractivity contribution in [2.75, 3.05) is 49.6 Å². The number of amides is 1. The highest BCUT2D eigenvalue weighted by molar-refractivity contribution is 7.21. The van der Waals surface area contributed by atoms with E-state index in [-0.39, 0.29) is 5.91 Å². The van der Waals surface area contributed by atoms with Gasteiger partial charge in [-0.05, 0) is 50.2 Å². The van der Waals surface area contributed by atoms with Gasteiger partial charge in [-0.2, -0.15) is 0 Å². The van der Waals surface area contributed by atoms with Crippen molar-refractivity contribution in [3.63, 3.8) is 0 Å². The van der Waals surface area contributed by atoms with Crippen LogP contribution >= 0.6 is 11.3 Å². The van der Waals surface area contributed by atoms with Crippen LogP contribution in [0.2, 0.25) is 0 Å². The Kier molecular flexibility index (Phi) is 4.49. The molecular formula is C21H23N5OS. The number of pyridine rings is 1. The Balaban J connectivity index is 1.41. The third-order valence-corrected chi connectivity index (χ3v) is 6.60. The van der Waals surface area contributed by atoms with Gasteiger partial charge in [0.05, 0.1) is 16.8 Å². The standard InChI is InChI=1S/C21H23N5OS/c1-24-10-11-26(20(27)14-24)16-5-6-18-17(12-16)23-21(28-18)15-4-7-19(22-13-15)25-8-2-3-9-25/h4-7,12-13H,2-3,8-11,14H2,1H3. The lowest BCUT2D eigenvalue weighted by Crippen LogP contribution is -2.48. The Morgan fingerprint density at radius 2 is 1.89 bits per heavy atom. The van der Waals surface area contributed by atoms with Crippen molar-refractivity contribution < 1.29 is 4.79 Å². The molecule has 0 saturated carbocycles. The summed E-state index contributed by atoms with van der Waals surface area (Å²) in [7, 11) is 1.98. The number of hydrogen-bond acceptors (Lipinski definition) is 6. The number of carbonyl (C=O) groups is 1. The lowest BCUT2D eigenvalue weighted by molar-refractivity contribution is -0.120. The number of piperazine rings is 1.